The Morgan fingerprint density at radius 1 is 1.53 bits per heavy atom. The largest absolute Gasteiger partial charge is 0.480 e. The third-order valence-corrected chi connectivity index (χ3v) is 2.62. The zero-order chi connectivity index (χ0) is 11.4. The number of carboxylic acids is 1. The number of rotatable bonds is 3. The lowest BCUT2D eigenvalue weighted by atomic mass is 9.83. The highest BCUT2D eigenvalue weighted by molar-refractivity contribution is 5.84. The zero-order valence-corrected chi connectivity index (χ0v) is 8.66. The maximum Gasteiger partial charge on any atom is 0.326 e. The first-order valence-corrected chi connectivity index (χ1v) is 5.02. The molecule has 0 spiro atoms. The lowest BCUT2D eigenvalue weighted by Crippen LogP contribution is -2.46. The summed E-state index contributed by atoms with van der Waals surface area (Å²) in [6.45, 7) is 1.28. The van der Waals surface area contributed by atoms with Gasteiger partial charge in [0.2, 0.25) is 5.91 Å². The summed E-state index contributed by atoms with van der Waals surface area (Å²) in [4.78, 5) is 32.9. The molecule has 0 aromatic heterocycles. The number of Topliss-reactive ketones (excluding diaryl/α,β-unsaturated/α-hetero) is 1. The van der Waals surface area contributed by atoms with Gasteiger partial charge in [0.05, 0.1) is 0 Å². The molecule has 1 saturated carbocycles. The molecule has 0 bridgehead atoms. The first kappa shape index (κ1) is 11.7. The Morgan fingerprint density at radius 3 is 2.67 bits per heavy atom. The highest BCUT2D eigenvalue weighted by Crippen LogP contribution is 2.24. The van der Waals surface area contributed by atoms with Crippen molar-refractivity contribution < 1.29 is 19.5 Å². The predicted molar refractivity (Wildman–Crippen MR) is 52.2 cm³/mol. The number of hydrogen-bond donors (Lipinski definition) is 2. The molecule has 5 heteroatoms. The van der Waals surface area contributed by atoms with Crippen molar-refractivity contribution in [1.29, 1.82) is 0 Å². The van der Waals surface area contributed by atoms with Crippen molar-refractivity contribution in [3.05, 3.63) is 0 Å². The Morgan fingerprint density at radius 2 is 2.20 bits per heavy atom. The van der Waals surface area contributed by atoms with Crippen molar-refractivity contribution in [2.75, 3.05) is 0 Å². The van der Waals surface area contributed by atoms with Gasteiger partial charge in [0.15, 0.2) is 0 Å². The van der Waals surface area contributed by atoms with E-state index in [9.17, 15) is 14.4 Å². The van der Waals surface area contributed by atoms with Gasteiger partial charge in [-0.25, -0.2) is 4.79 Å². The number of hydrogen-bond acceptors (Lipinski definition) is 3. The first-order chi connectivity index (χ1) is 7.00. The van der Waals surface area contributed by atoms with Gasteiger partial charge < -0.3 is 10.4 Å². The highest BCUT2D eigenvalue weighted by atomic mass is 16.4. The van der Waals surface area contributed by atoms with Crippen LogP contribution in [0.2, 0.25) is 0 Å². The van der Waals surface area contributed by atoms with Crippen molar-refractivity contribution in [2.24, 2.45) is 5.92 Å². The van der Waals surface area contributed by atoms with Gasteiger partial charge in [0.1, 0.15) is 11.8 Å². The Kier molecular flexibility index (Phi) is 3.82. The van der Waals surface area contributed by atoms with Crippen LogP contribution in [0.4, 0.5) is 0 Å². The molecule has 1 aliphatic rings. The van der Waals surface area contributed by atoms with E-state index < -0.39 is 12.0 Å². The van der Waals surface area contributed by atoms with Crippen LogP contribution < -0.4 is 5.32 Å². The van der Waals surface area contributed by atoms with Crippen LogP contribution >= 0.6 is 0 Å². The van der Waals surface area contributed by atoms with E-state index in [1.165, 1.54) is 6.92 Å². The molecule has 1 amide bonds. The van der Waals surface area contributed by atoms with E-state index in [1.807, 2.05) is 0 Å². The van der Waals surface area contributed by atoms with E-state index in [2.05, 4.69) is 5.32 Å². The van der Waals surface area contributed by atoms with Crippen LogP contribution in [0.1, 0.15) is 32.6 Å². The van der Waals surface area contributed by atoms with Crippen LogP contribution in [0.3, 0.4) is 0 Å². The lowest BCUT2D eigenvalue weighted by molar-refractivity contribution is -0.144. The first-order valence-electron chi connectivity index (χ1n) is 5.02. The van der Waals surface area contributed by atoms with Crippen LogP contribution in [0.15, 0.2) is 0 Å². The topological polar surface area (TPSA) is 83.5 Å². The van der Waals surface area contributed by atoms with Crippen molar-refractivity contribution in [1.82, 2.24) is 5.32 Å². The van der Waals surface area contributed by atoms with Crippen molar-refractivity contribution >= 4 is 17.7 Å². The summed E-state index contributed by atoms with van der Waals surface area (Å²) < 4.78 is 0. The van der Waals surface area contributed by atoms with Gasteiger partial charge in [-0.3, -0.25) is 9.59 Å². The van der Waals surface area contributed by atoms with E-state index in [1.54, 1.807) is 0 Å². The van der Waals surface area contributed by atoms with E-state index in [-0.39, 0.29) is 24.0 Å². The van der Waals surface area contributed by atoms with Gasteiger partial charge in [-0.05, 0) is 18.8 Å². The molecule has 0 aliphatic heterocycles. The van der Waals surface area contributed by atoms with Crippen LogP contribution in [0, 0.1) is 5.92 Å². The van der Waals surface area contributed by atoms with Gasteiger partial charge in [0.25, 0.3) is 0 Å². The van der Waals surface area contributed by atoms with Crippen molar-refractivity contribution in [3.8, 4) is 0 Å². The summed E-state index contributed by atoms with van der Waals surface area (Å²) in [5, 5.41) is 11.3. The molecule has 0 radical (unpaired) electrons. The standard InChI is InChI=1S/C10H15NO4/c1-6(12)11-9(10(14)15)7-3-2-4-8(13)5-7/h7,9H,2-5H2,1H3,(H,11,12)(H,14,15)/t7-,9-/m1/s1. The maximum absolute atomic E-state index is 11.2. The second-order valence-electron chi connectivity index (χ2n) is 3.91. The molecule has 0 unspecified atom stereocenters. The molecular formula is C10H15NO4. The number of nitrogens with one attached hydrogen (secondary N) is 1. The number of carbonyl (C=O) groups is 3. The number of carbonyl (C=O) groups excluding carboxylic acids is 2. The fourth-order valence-corrected chi connectivity index (χ4v) is 1.94. The van der Waals surface area contributed by atoms with E-state index in [4.69, 9.17) is 5.11 Å². The number of ketones is 1. The molecule has 2 atom stereocenters. The summed E-state index contributed by atoms with van der Waals surface area (Å²) in [7, 11) is 0. The van der Waals surface area contributed by atoms with Crippen LogP contribution in [0.25, 0.3) is 0 Å². The Labute approximate surface area is 87.8 Å². The molecule has 1 fully saturated rings. The molecule has 1 aliphatic carbocycles. The average molecular weight is 213 g/mol. The average Bonchev–Trinajstić information content (AvgIpc) is 2.13. The SMILES string of the molecule is CC(=O)N[C@@H](C(=O)O)[C@@H]1CCCC(=O)C1. The molecule has 0 aromatic rings. The summed E-state index contributed by atoms with van der Waals surface area (Å²) in [6, 6.07) is -0.924. The molecular weight excluding hydrogens is 198 g/mol. The van der Waals surface area contributed by atoms with E-state index in [0.29, 0.717) is 19.3 Å². The normalized spacial score (nSPS) is 23.3. The van der Waals surface area contributed by atoms with Crippen LogP contribution in [0.5, 0.6) is 0 Å². The Bertz CT molecular complexity index is 287. The van der Waals surface area contributed by atoms with E-state index >= 15 is 0 Å². The molecule has 1 rings (SSSR count). The monoisotopic (exact) mass is 213 g/mol. The summed E-state index contributed by atoms with van der Waals surface area (Å²) in [5.41, 5.74) is 0. The quantitative estimate of drug-likeness (QED) is 0.707. The number of carboxylic acid groups (broad SMARTS) is 1. The molecule has 0 heterocycles. The number of aliphatic carboxylic acids is 1. The molecule has 15 heavy (non-hydrogen) atoms. The van der Waals surface area contributed by atoms with Crippen molar-refractivity contribution in [2.45, 2.75) is 38.6 Å². The van der Waals surface area contributed by atoms with Crippen LogP contribution in [-0.4, -0.2) is 28.8 Å². The second-order valence-corrected chi connectivity index (χ2v) is 3.91. The minimum absolute atomic E-state index is 0.0860. The van der Waals surface area contributed by atoms with Gasteiger partial charge in [0, 0.05) is 19.8 Å². The van der Waals surface area contributed by atoms with Gasteiger partial charge in [-0.1, -0.05) is 0 Å². The van der Waals surface area contributed by atoms with Crippen molar-refractivity contribution in [3.63, 3.8) is 0 Å². The molecule has 0 saturated heterocycles. The fraction of sp³-hybridized carbons (Fsp3) is 0.700. The van der Waals surface area contributed by atoms with E-state index in [0.717, 1.165) is 0 Å². The van der Waals surface area contributed by atoms with Gasteiger partial charge in [-0.15, -0.1) is 0 Å². The summed E-state index contributed by atoms with van der Waals surface area (Å²) in [5.74, 6) is -1.61. The Balaban J connectivity index is 2.66. The molecule has 84 valence electrons. The lowest BCUT2D eigenvalue weighted by Gasteiger charge is -2.26. The second kappa shape index (κ2) is 4.91. The van der Waals surface area contributed by atoms with Crippen LogP contribution in [-0.2, 0) is 14.4 Å². The Hall–Kier alpha value is -1.39. The third kappa shape index (κ3) is 3.34. The smallest absolute Gasteiger partial charge is 0.326 e. The summed E-state index contributed by atoms with van der Waals surface area (Å²) >= 11 is 0. The predicted octanol–water partition coefficient (Wildman–Crippen LogP) is 0.335. The summed E-state index contributed by atoms with van der Waals surface area (Å²) in [6.07, 6.45) is 2.19. The number of amides is 1. The minimum atomic E-state index is -1.06. The molecule has 2 N–H and O–H groups in total. The maximum atomic E-state index is 11.2. The fourth-order valence-electron chi connectivity index (χ4n) is 1.94. The minimum Gasteiger partial charge on any atom is -0.480 e. The van der Waals surface area contributed by atoms with Gasteiger partial charge in [-0.2, -0.15) is 0 Å². The third-order valence-electron chi connectivity index (χ3n) is 2.62. The van der Waals surface area contributed by atoms with Gasteiger partial charge >= 0.3 is 5.97 Å². The molecule has 0 aromatic carbocycles. The highest BCUT2D eigenvalue weighted by Gasteiger charge is 2.32. The zero-order valence-electron chi connectivity index (χ0n) is 8.66. The molecule has 5 nitrogen and oxygen atoms in total.